The van der Waals surface area contributed by atoms with Crippen molar-refractivity contribution in [2.45, 2.75) is 46.0 Å². The second-order valence-electron chi connectivity index (χ2n) is 8.31. The molecule has 0 aromatic heterocycles. The van der Waals surface area contributed by atoms with Gasteiger partial charge in [-0.1, -0.05) is 37.1 Å². The summed E-state index contributed by atoms with van der Waals surface area (Å²) in [4.78, 5) is 36.9. The van der Waals surface area contributed by atoms with Gasteiger partial charge in [0.25, 0.3) is 0 Å². The number of benzene rings is 1. The minimum atomic E-state index is -0.948. The lowest BCUT2D eigenvalue weighted by molar-refractivity contribution is -0.146. The highest BCUT2D eigenvalue weighted by atomic mass is 16.5. The van der Waals surface area contributed by atoms with E-state index in [0.717, 1.165) is 19.3 Å². The molecule has 1 amide bonds. The van der Waals surface area contributed by atoms with Crippen molar-refractivity contribution in [3.05, 3.63) is 41.0 Å². The first-order chi connectivity index (χ1) is 13.2. The summed E-state index contributed by atoms with van der Waals surface area (Å²) in [6, 6.07) is 6.59. The number of rotatable bonds is 4. The molecule has 0 heterocycles. The summed E-state index contributed by atoms with van der Waals surface area (Å²) >= 11 is 0. The van der Waals surface area contributed by atoms with E-state index in [4.69, 9.17) is 4.74 Å². The Hall–Kier alpha value is -2.63. The number of carbonyl (C=O) groups is 3. The topological polar surface area (TPSA) is 92.7 Å². The highest BCUT2D eigenvalue weighted by Crippen LogP contribution is 2.49. The average molecular weight is 385 g/mol. The first-order valence-electron chi connectivity index (χ1n) is 9.67. The van der Waals surface area contributed by atoms with E-state index in [0.29, 0.717) is 18.5 Å². The predicted molar refractivity (Wildman–Crippen MR) is 105 cm³/mol. The lowest BCUT2D eigenvalue weighted by atomic mass is 9.63. The zero-order valence-corrected chi connectivity index (χ0v) is 16.6. The largest absolute Gasteiger partial charge is 0.481 e. The smallest absolute Gasteiger partial charge is 0.339 e. The second-order valence-corrected chi connectivity index (χ2v) is 8.31. The van der Waals surface area contributed by atoms with Gasteiger partial charge in [0.15, 0.2) is 0 Å². The second kappa shape index (κ2) is 7.78. The van der Waals surface area contributed by atoms with E-state index < -0.39 is 23.8 Å². The summed E-state index contributed by atoms with van der Waals surface area (Å²) in [5, 5.41) is 12.5. The third-order valence-corrected chi connectivity index (χ3v) is 6.14. The number of esters is 1. The van der Waals surface area contributed by atoms with Crippen molar-refractivity contribution in [1.29, 1.82) is 0 Å². The number of ether oxygens (including phenoxy) is 1. The van der Waals surface area contributed by atoms with Crippen LogP contribution in [0.4, 0.5) is 5.69 Å². The van der Waals surface area contributed by atoms with Gasteiger partial charge < -0.3 is 15.2 Å². The van der Waals surface area contributed by atoms with Crippen LogP contribution in [0, 0.1) is 17.3 Å². The highest BCUT2D eigenvalue weighted by molar-refractivity contribution is 6.02. The van der Waals surface area contributed by atoms with Crippen LogP contribution in [0.25, 0.3) is 0 Å². The molecule has 6 heteroatoms. The third kappa shape index (κ3) is 3.81. The molecule has 0 spiro atoms. The lowest BCUT2D eigenvalue weighted by Crippen LogP contribution is -2.40. The molecule has 2 N–H and O–H groups in total. The van der Waals surface area contributed by atoms with Crippen LogP contribution >= 0.6 is 0 Å². The normalized spacial score (nSPS) is 23.5. The number of allylic oxidation sites excluding steroid dienone is 2. The van der Waals surface area contributed by atoms with E-state index >= 15 is 0 Å². The van der Waals surface area contributed by atoms with Gasteiger partial charge in [-0.2, -0.15) is 0 Å². The van der Waals surface area contributed by atoms with Crippen LogP contribution in [0.2, 0.25) is 0 Å². The van der Waals surface area contributed by atoms with Gasteiger partial charge in [-0.15, -0.1) is 0 Å². The number of carbonyl (C=O) groups excluding carboxylic acids is 2. The first kappa shape index (κ1) is 20.1. The van der Waals surface area contributed by atoms with Gasteiger partial charge in [-0.05, 0) is 49.7 Å². The first-order valence-corrected chi connectivity index (χ1v) is 9.67. The van der Waals surface area contributed by atoms with E-state index in [1.807, 2.05) is 0 Å². The maximum absolute atomic E-state index is 13.1. The third-order valence-electron chi connectivity index (χ3n) is 6.14. The Labute approximate surface area is 165 Å². The maximum Gasteiger partial charge on any atom is 0.339 e. The van der Waals surface area contributed by atoms with E-state index in [1.54, 1.807) is 24.3 Å². The van der Waals surface area contributed by atoms with Crippen LogP contribution in [0.1, 0.15) is 56.3 Å². The fourth-order valence-corrected chi connectivity index (χ4v) is 4.58. The fraction of sp³-hybridized carbons (Fsp3) is 0.500. The van der Waals surface area contributed by atoms with Gasteiger partial charge in [0.1, 0.15) is 0 Å². The Morgan fingerprint density at radius 2 is 1.86 bits per heavy atom. The molecule has 0 bridgehead atoms. The fourth-order valence-electron chi connectivity index (χ4n) is 4.58. The number of hydrogen-bond donors (Lipinski definition) is 2. The van der Waals surface area contributed by atoms with Gasteiger partial charge in [-0.25, -0.2) is 4.79 Å². The molecule has 0 aliphatic heterocycles. The summed E-state index contributed by atoms with van der Waals surface area (Å²) in [5.41, 5.74) is 3.02. The molecule has 2 aliphatic carbocycles. The number of carboxylic acid groups (broad SMARTS) is 1. The number of anilines is 1. The quantitative estimate of drug-likeness (QED) is 0.603. The molecule has 0 saturated heterocycles. The monoisotopic (exact) mass is 385 g/mol. The van der Waals surface area contributed by atoms with Crippen molar-refractivity contribution < 1.29 is 24.2 Å². The molecule has 0 radical (unpaired) electrons. The Morgan fingerprint density at radius 3 is 2.54 bits per heavy atom. The van der Waals surface area contributed by atoms with Crippen molar-refractivity contribution >= 4 is 23.5 Å². The molecule has 0 saturated carbocycles. The standard InChI is InChI=1S/C22H27NO5/c1-22(2)10-6-7-13-11-16(20(25)26)15(12-17(13)22)19(24)23-18-9-5-4-8-14(18)21(27)28-3/h4-5,8-9,15-16H,6-7,10-12H2,1-3H3,(H,23,24)(H,25,26)/t15-,16+/m0/s1. The molecular formula is C22H27NO5. The molecule has 1 aromatic rings. The van der Waals surface area contributed by atoms with Crippen LogP contribution < -0.4 is 5.32 Å². The summed E-state index contributed by atoms with van der Waals surface area (Å²) in [6.07, 6.45) is 3.89. The van der Waals surface area contributed by atoms with Gasteiger partial charge in [0.2, 0.25) is 5.91 Å². The number of nitrogens with one attached hydrogen (secondary N) is 1. The van der Waals surface area contributed by atoms with E-state index in [1.165, 1.54) is 18.3 Å². The van der Waals surface area contributed by atoms with E-state index in [-0.39, 0.29) is 16.9 Å². The predicted octanol–water partition coefficient (Wildman–Crippen LogP) is 4.03. The van der Waals surface area contributed by atoms with Crippen LogP contribution in [0.3, 0.4) is 0 Å². The van der Waals surface area contributed by atoms with Crippen LogP contribution in [0.15, 0.2) is 35.4 Å². The molecule has 1 aromatic carbocycles. The number of aliphatic carboxylic acids is 1. The number of para-hydroxylation sites is 1. The Balaban J connectivity index is 1.89. The number of amides is 1. The van der Waals surface area contributed by atoms with Crippen LogP contribution in [0.5, 0.6) is 0 Å². The minimum absolute atomic E-state index is 0.0144. The zero-order chi connectivity index (χ0) is 20.5. The molecular weight excluding hydrogens is 358 g/mol. The molecule has 150 valence electrons. The van der Waals surface area contributed by atoms with Gasteiger partial charge >= 0.3 is 11.9 Å². The van der Waals surface area contributed by atoms with Crippen molar-refractivity contribution in [3.63, 3.8) is 0 Å². The molecule has 2 atom stereocenters. The Morgan fingerprint density at radius 1 is 1.14 bits per heavy atom. The van der Waals surface area contributed by atoms with Crippen LogP contribution in [-0.4, -0.2) is 30.1 Å². The van der Waals surface area contributed by atoms with E-state index in [9.17, 15) is 19.5 Å². The average Bonchev–Trinajstić information content (AvgIpc) is 2.66. The summed E-state index contributed by atoms with van der Waals surface area (Å²) in [7, 11) is 1.28. The molecule has 6 nitrogen and oxygen atoms in total. The Bertz CT molecular complexity index is 839. The molecule has 28 heavy (non-hydrogen) atoms. The van der Waals surface area contributed by atoms with Crippen molar-refractivity contribution in [2.24, 2.45) is 17.3 Å². The van der Waals surface area contributed by atoms with Crippen molar-refractivity contribution in [2.75, 3.05) is 12.4 Å². The SMILES string of the molecule is COC(=O)c1ccccc1NC(=O)[C@H]1CC2=C(CCCC2(C)C)C[C@H]1C(=O)O. The summed E-state index contributed by atoms with van der Waals surface area (Å²) < 4.78 is 4.77. The summed E-state index contributed by atoms with van der Waals surface area (Å²) in [6.45, 7) is 4.34. The van der Waals surface area contributed by atoms with Gasteiger partial charge in [-0.3, -0.25) is 9.59 Å². The zero-order valence-electron chi connectivity index (χ0n) is 16.6. The maximum atomic E-state index is 13.1. The van der Waals surface area contributed by atoms with Crippen molar-refractivity contribution in [1.82, 2.24) is 0 Å². The molecule has 3 rings (SSSR count). The van der Waals surface area contributed by atoms with Crippen molar-refractivity contribution in [3.8, 4) is 0 Å². The van der Waals surface area contributed by atoms with E-state index in [2.05, 4.69) is 19.2 Å². The molecule has 0 unspecified atom stereocenters. The summed E-state index contributed by atoms with van der Waals surface area (Å²) in [5.74, 6) is -3.28. The number of carboxylic acids is 1. The minimum Gasteiger partial charge on any atom is -0.481 e. The lowest BCUT2D eigenvalue weighted by Gasteiger charge is -2.42. The van der Waals surface area contributed by atoms with Crippen LogP contribution in [-0.2, 0) is 14.3 Å². The molecule has 0 fully saturated rings. The van der Waals surface area contributed by atoms with Gasteiger partial charge in [0, 0.05) is 0 Å². The Kier molecular flexibility index (Phi) is 5.59. The molecule has 2 aliphatic rings. The van der Waals surface area contributed by atoms with Gasteiger partial charge in [0.05, 0.1) is 30.2 Å². The number of hydrogen-bond acceptors (Lipinski definition) is 4. The number of methoxy groups -OCH3 is 1. The highest BCUT2D eigenvalue weighted by Gasteiger charge is 2.43.